The van der Waals surface area contributed by atoms with E-state index in [1.807, 2.05) is 0 Å². The van der Waals surface area contributed by atoms with Crippen LogP contribution in [0.4, 0.5) is 0 Å². The smallest absolute Gasteiger partial charge is 0.321 e. The summed E-state index contributed by atoms with van der Waals surface area (Å²) in [5, 5.41) is 9.03. The van der Waals surface area contributed by atoms with E-state index in [4.69, 9.17) is 27.3 Å². The highest BCUT2D eigenvalue weighted by molar-refractivity contribution is 8.06. The van der Waals surface area contributed by atoms with Crippen molar-refractivity contribution >= 4 is 26.4 Å². The minimum Gasteiger partial charge on any atom is -0.396 e. The normalized spacial score (nSPS) is 33.5. The van der Waals surface area contributed by atoms with Crippen molar-refractivity contribution in [2.24, 2.45) is 11.8 Å². The van der Waals surface area contributed by atoms with E-state index in [-0.39, 0.29) is 30.9 Å². The van der Waals surface area contributed by atoms with Gasteiger partial charge in [0, 0.05) is 6.61 Å². The van der Waals surface area contributed by atoms with Gasteiger partial charge in [-0.1, -0.05) is 18.7 Å². The maximum Gasteiger partial charge on any atom is 0.321 e. The molecule has 0 heterocycles. The van der Waals surface area contributed by atoms with Crippen LogP contribution in [0.2, 0.25) is 5.82 Å². The minimum atomic E-state index is -3.56. The van der Waals surface area contributed by atoms with Crippen LogP contribution < -0.4 is 0 Å². The first kappa shape index (κ1) is 12.6. The lowest BCUT2D eigenvalue weighted by molar-refractivity contribution is 0.140. The SMILES string of the molecule is [B]C1CC(CO)C(COP(O)(O)=S)C1. The molecule has 14 heavy (non-hydrogen) atoms. The van der Waals surface area contributed by atoms with E-state index in [0.29, 0.717) is 0 Å². The summed E-state index contributed by atoms with van der Waals surface area (Å²) in [7, 11) is 5.72. The van der Waals surface area contributed by atoms with Gasteiger partial charge in [-0.3, -0.25) is 0 Å². The van der Waals surface area contributed by atoms with Gasteiger partial charge in [0.25, 0.3) is 0 Å². The third-order valence-corrected chi connectivity index (χ3v) is 3.37. The molecule has 3 atom stereocenters. The predicted molar refractivity (Wildman–Crippen MR) is 57.5 cm³/mol. The summed E-state index contributed by atoms with van der Waals surface area (Å²) in [6.45, 7) is -3.34. The van der Waals surface area contributed by atoms with Gasteiger partial charge in [0.1, 0.15) is 0 Å². The van der Waals surface area contributed by atoms with Crippen LogP contribution in [0.15, 0.2) is 0 Å². The molecule has 1 aliphatic carbocycles. The third kappa shape index (κ3) is 3.97. The maximum atomic E-state index is 9.03. The van der Waals surface area contributed by atoms with Crippen LogP contribution in [0.25, 0.3) is 0 Å². The summed E-state index contributed by atoms with van der Waals surface area (Å²) >= 11 is 4.33. The minimum absolute atomic E-state index is 0.0570. The molecule has 0 amide bonds. The zero-order chi connectivity index (χ0) is 10.8. The molecule has 1 saturated carbocycles. The van der Waals surface area contributed by atoms with Crippen molar-refractivity contribution in [3.8, 4) is 0 Å². The quantitative estimate of drug-likeness (QED) is 0.480. The molecule has 1 rings (SSSR count). The van der Waals surface area contributed by atoms with Crippen molar-refractivity contribution in [2.75, 3.05) is 13.2 Å². The van der Waals surface area contributed by atoms with Gasteiger partial charge < -0.3 is 19.4 Å². The van der Waals surface area contributed by atoms with Gasteiger partial charge in [-0.2, -0.15) is 0 Å². The van der Waals surface area contributed by atoms with Crippen LogP contribution in [-0.2, 0) is 16.3 Å². The fourth-order valence-electron chi connectivity index (χ4n) is 1.88. The Hall–Kier alpha value is 0.555. The average molecular weight is 236 g/mol. The first-order valence-electron chi connectivity index (χ1n) is 4.49. The highest BCUT2D eigenvalue weighted by Crippen LogP contribution is 2.43. The van der Waals surface area contributed by atoms with Gasteiger partial charge in [0.2, 0.25) is 0 Å². The molecule has 0 spiro atoms. The molecule has 0 bridgehead atoms. The van der Waals surface area contributed by atoms with Crippen molar-refractivity contribution in [2.45, 2.75) is 18.7 Å². The highest BCUT2D eigenvalue weighted by atomic mass is 32.5. The molecule has 80 valence electrons. The van der Waals surface area contributed by atoms with E-state index in [1.165, 1.54) is 0 Å². The lowest BCUT2D eigenvalue weighted by atomic mass is 9.85. The Bertz CT molecular complexity index is 234. The molecule has 1 aliphatic rings. The second-order valence-corrected chi connectivity index (χ2v) is 6.39. The van der Waals surface area contributed by atoms with Crippen molar-refractivity contribution < 1.29 is 19.4 Å². The first-order valence-corrected chi connectivity index (χ1v) is 7.11. The zero-order valence-electron chi connectivity index (χ0n) is 7.74. The van der Waals surface area contributed by atoms with Crippen LogP contribution in [0.3, 0.4) is 0 Å². The molecule has 0 aromatic carbocycles. The van der Waals surface area contributed by atoms with Crippen molar-refractivity contribution in [1.29, 1.82) is 0 Å². The Morgan fingerprint density at radius 1 is 1.36 bits per heavy atom. The van der Waals surface area contributed by atoms with Crippen LogP contribution in [0.5, 0.6) is 0 Å². The maximum absolute atomic E-state index is 9.03. The van der Waals surface area contributed by atoms with E-state index >= 15 is 0 Å². The molecule has 7 heteroatoms. The highest BCUT2D eigenvalue weighted by Gasteiger charge is 2.32. The van der Waals surface area contributed by atoms with Crippen LogP contribution in [0, 0.1) is 11.8 Å². The Balaban J connectivity index is 2.40. The molecule has 1 fully saturated rings. The summed E-state index contributed by atoms with van der Waals surface area (Å²) in [5.74, 6) is 0.235. The lowest BCUT2D eigenvalue weighted by Gasteiger charge is -2.18. The van der Waals surface area contributed by atoms with Crippen molar-refractivity contribution in [3.05, 3.63) is 0 Å². The second-order valence-electron chi connectivity index (χ2n) is 3.72. The molecule has 0 saturated heterocycles. The van der Waals surface area contributed by atoms with E-state index in [0.717, 1.165) is 12.8 Å². The van der Waals surface area contributed by atoms with Gasteiger partial charge in [0.15, 0.2) is 0 Å². The molecule has 3 unspecified atom stereocenters. The molecule has 4 nitrogen and oxygen atoms in total. The number of rotatable bonds is 4. The molecule has 0 aliphatic heterocycles. The summed E-state index contributed by atoms with van der Waals surface area (Å²) in [5.41, 5.74) is 0. The Labute approximate surface area is 90.0 Å². The van der Waals surface area contributed by atoms with Gasteiger partial charge >= 0.3 is 6.72 Å². The lowest BCUT2D eigenvalue weighted by Crippen LogP contribution is -2.17. The number of aliphatic hydroxyl groups is 1. The first-order chi connectivity index (χ1) is 6.42. The van der Waals surface area contributed by atoms with E-state index in [2.05, 4.69) is 11.8 Å². The molecular formula is C7H14BO4PS. The summed E-state index contributed by atoms with van der Waals surface area (Å²) < 4.78 is 4.76. The third-order valence-electron chi connectivity index (χ3n) is 2.57. The van der Waals surface area contributed by atoms with Gasteiger partial charge in [-0.25, -0.2) is 0 Å². The van der Waals surface area contributed by atoms with Crippen molar-refractivity contribution in [1.82, 2.24) is 0 Å². The molecule has 2 radical (unpaired) electrons. The topological polar surface area (TPSA) is 69.9 Å². The van der Waals surface area contributed by atoms with Gasteiger partial charge in [0.05, 0.1) is 14.5 Å². The van der Waals surface area contributed by atoms with Crippen LogP contribution in [0.1, 0.15) is 12.8 Å². The standard InChI is InChI=1S/C7H14BO4PS/c8-7-1-5(3-9)6(2-7)4-12-13(10,11)14/h5-7,9H,1-4H2,(H2,10,11,14). The van der Waals surface area contributed by atoms with Crippen LogP contribution in [-0.4, -0.2) is 36.0 Å². The van der Waals surface area contributed by atoms with Crippen LogP contribution >= 0.6 is 6.72 Å². The summed E-state index contributed by atoms with van der Waals surface area (Å²) in [6, 6.07) is 0. The molecule has 0 aromatic heterocycles. The van der Waals surface area contributed by atoms with Crippen molar-refractivity contribution in [3.63, 3.8) is 0 Å². The Morgan fingerprint density at radius 2 is 1.93 bits per heavy atom. The average Bonchev–Trinajstić information content (AvgIpc) is 2.41. The molecular weight excluding hydrogens is 222 g/mol. The second kappa shape index (κ2) is 5.06. The number of aliphatic hydroxyl groups excluding tert-OH is 1. The fourth-order valence-corrected chi connectivity index (χ4v) is 2.45. The van der Waals surface area contributed by atoms with E-state index in [1.54, 1.807) is 0 Å². The molecule has 3 N–H and O–H groups in total. The summed E-state index contributed by atoms with van der Waals surface area (Å²) in [6.07, 6.45) is 1.49. The van der Waals surface area contributed by atoms with Gasteiger partial charge in [-0.15, -0.1) is 0 Å². The Morgan fingerprint density at radius 3 is 2.43 bits per heavy atom. The van der Waals surface area contributed by atoms with E-state index in [9.17, 15) is 0 Å². The van der Waals surface area contributed by atoms with Gasteiger partial charge in [-0.05, 0) is 23.6 Å². The predicted octanol–water partition coefficient (Wildman–Crippen LogP) is 0.188. The molecule has 0 aromatic rings. The number of hydrogen-bond donors (Lipinski definition) is 3. The number of hydrogen-bond acceptors (Lipinski definition) is 3. The largest absolute Gasteiger partial charge is 0.396 e. The monoisotopic (exact) mass is 236 g/mol. The zero-order valence-corrected chi connectivity index (χ0v) is 9.45. The van der Waals surface area contributed by atoms with E-state index < -0.39 is 6.72 Å². The Kier molecular flexibility index (Phi) is 4.56. The fraction of sp³-hybridized carbons (Fsp3) is 1.00. The summed E-state index contributed by atoms with van der Waals surface area (Å²) in [4.78, 5) is 17.7.